The number of anilines is 2. The van der Waals surface area contributed by atoms with Crippen molar-refractivity contribution in [2.75, 3.05) is 5.32 Å². The molecule has 3 nitrogen and oxygen atoms in total. The maximum absolute atomic E-state index is 10.7. The Morgan fingerprint density at radius 1 is 1.21 bits per heavy atom. The number of carboxylic acid groups (broad SMARTS) is 1. The van der Waals surface area contributed by atoms with Gasteiger partial charge in [-0.1, -0.05) is 24.3 Å². The summed E-state index contributed by atoms with van der Waals surface area (Å²) in [7, 11) is 0. The summed E-state index contributed by atoms with van der Waals surface area (Å²) in [6.45, 7) is 1.96. The summed E-state index contributed by atoms with van der Waals surface area (Å²) in [6, 6.07) is 13.5. The van der Waals surface area contributed by atoms with Crippen molar-refractivity contribution in [2.45, 2.75) is 13.3 Å². The molecule has 0 unspecified atom stereocenters. The highest BCUT2D eigenvalue weighted by Gasteiger charge is 2.05. The van der Waals surface area contributed by atoms with E-state index in [9.17, 15) is 4.79 Å². The number of halogens is 1. The van der Waals surface area contributed by atoms with Crippen LogP contribution in [0.25, 0.3) is 0 Å². The lowest BCUT2D eigenvalue weighted by molar-refractivity contribution is -0.136. The average molecular weight is 320 g/mol. The lowest BCUT2D eigenvalue weighted by Crippen LogP contribution is -2.01. The Morgan fingerprint density at radius 2 is 1.95 bits per heavy atom. The lowest BCUT2D eigenvalue weighted by Gasteiger charge is -2.12. The predicted molar refractivity (Wildman–Crippen MR) is 79.9 cm³/mol. The van der Waals surface area contributed by atoms with Crippen molar-refractivity contribution in [3.05, 3.63) is 58.1 Å². The van der Waals surface area contributed by atoms with Gasteiger partial charge in [-0.2, -0.15) is 0 Å². The second-order valence-corrected chi connectivity index (χ2v) is 5.18. The molecule has 0 saturated carbocycles. The molecular formula is C15H14BrNO2. The van der Waals surface area contributed by atoms with Crippen LogP contribution in [-0.2, 0) is 11.2 Å². The average Bonchev–Trinajstić information content (AvgIpc) is 2.34. The number of nitrogens with one attached hydrogen (secondary N) is 1. The van der Waals surface area contributed by atoms with Gasteiger partial charge in [-0.05, 0) is 52.2 Å². The van der Waals surface area contributed by atoms with E-state index in [1.807, 2.05) is 49.4 Å². The van der Waals surface area contributed by atoms with Gasteiger partial charge in [0.1, 0.15) is 0 Å². The molecule has 0 saturated heterocycles. The summed E-state index contributed by atoms with van der Waals surface area (Å²) >= 11 is 3.49. The van der Waals surface area contributed by atoms with Gasteiger partial charge in [-0.3, -0.25) is 4.79 Å². The quantitative estimate of drug-likeness (QED) is 0.890. The summed E-state index contributed by atoms with van der Waals surface area (Å²) in [5, 5.41) is 12.1. The third kappa shape index (κ3) is 3.58. The van der Waals surface area contributed by atoms with Crippen molar-refractivity contribution in [3.63, 3.8) is 0 Å². The van der Waals surface area contributed by atoms with E-state index in [1.165, 1.54) is 0 Å². The number of hydrogen-bond donors (Lipinski definition) is 2. The monoisotopic (exact) mass is 319 g/mol. The minimum atomic E-state index is -0.814. The summed E-state index contributed by atoms with van der Waals surface area (Å²) in [5.41, 5.74) is 3.79. The molecule has 0 aliphatic heterocycles. The molecule has 0 amide bonds. The molecule has 2 aromatic carbocycles. The molecule has 2 aromatic rings. The van der Waals surface area contributed by atoms with Gasteiger partial charge in [-0.15, -0.1) is 0 Å². The molecular weight excluding hydrogens is 306 g/mol. The van der Waals surface area contributed by atoms with E-state index < -0.39 is 5.97 Å². The van der Waals surface area contributed by atoms with E-state index in [4.69, 9.17) is 5.11 Å². The molecule has 0 spiro atoms. The first-order valence-electron chi connectivity index (χ1n) is 5.89. The fraction of sp³-hybridized carbons (Fsp3) is 0.133. The minimum absolute atomic E-state index is 0.0517. The summed E-state index contributed by atoms with van der Waals surface area (Å²) < 4.78 is 0.990. The van der Waals surface area contributed by atoms with Gasteiger partial charge in [0.05, 0.1) is 12.1 Å². The maximum Gasteiger partial charge on any atom is 0.307 e. The molecule has 0 bridgehead atoms. The van der Waals surface area contributed by atoms with Crippen molar-refractivity contribution < 1.29 is 9.90 Å². The highest BCUT2D eigenvalue weighted by Crippen LogP contribution is 2.27. The van der Waals surface area contributed by atoms with E-state index >= 15 is 0 Å². The second kappa shape index (κ2) is 5.89. The third-order valence-electron chi connectivity index (χ3n) is 2.79. The Balaban J connectivity index is 2.22. The lowest BCUT2D eigenvalue weighted by atomic mass is 10.1. The molecule has 0 atom stereocenters. The standard InChI is InChI=1S/C15H14BrNO2/c1-10-8-11(9-15(18)19)6-7-13(10)17-14-5-3-2-4-12(14)16/h2-8,17H,9H2,1H3,(H,18,19). The zero-order chi connectivity index (χ0) is 13.8. The Hall–Kier alpha value is -1.81. The Bertz CT molecular complexity index is 611. The van der Waals surface area contributed by atoms with Gasteiger partial charge in [-0.25, -0.2) is 0 Å². The number of para-hydroxylation sites is 1. The van der Waals surface area contributed by atoms with Gasteiger partial charge in [0, 0.05) is 10.2 Å². The number of carbonyl (C=O) groups is 1. The Kier molecular flexibility index (Phi) is 4.22. The second-order valence-electron chi connectivity index (χ2n) is 4.32. The number of hydrogen-bond acceptors (Lipinski definition) is 2. The zero-order valence-electron chi connectivity index (χ0n) is 10.5. The number of aliphatic carboxylic acids is 1. The van der Waals surface area contributed by atoms with Crippen LogP contribution in [-0.4, -0.2) is 11.1 Å². The van der Waals surface area contributed by atoms with Crippen LogP contribution in [0.2, 0.25) is 0 Å². The first-order valence-corrected chi connectivity index (χ1v) is 6.68. The minimum Gasteiger partial charge on any atom is -0.481 e. The van der Waals surface area contributed by atoms with E-state index in [-0.39, 0.29) is 6.42 Å². The van der Waals surface area contributed by atoms with E-state index in [0.717, 1.165) is 27.0 Å². The van der Waals surface area contributed by atoms with Crippen LogP contribution in [0.4, 0.5) is 11.4 Å². The van der Waals surface area contributed by atoms with Crippen LogP contribution < -0.4 is 5.32 Å². The van der Waals surface area contributed by atoms with Gasteiger partial charge >= 0.3 is 5.97 Å². The number of rotatable bonds is 4. The number of aryl methyl sites for hydroxylation is 1. The van der Waals surface area contributed by atoms with Crippen LogP contribution in [0.1, 0.15) is 11.1 Å². The Labute approximate surface area is 120 Å². The molecule has 4 heteroatoms. The van der Waals surface area contributed by atoms with Crippen molar-refractivity contribution >= 4 is 33.3 Å². The smallest absolute Gasteiger partial charge is 0.307 e. The molecule has 2 N–H and O–H groups in total. The van der Waals surface area contributed by atoms with Crippen LogP contribution in [0, 0.1) is 6.92 Å². The van der Waals surface area contributed by atoms with Crippen molar-refractivity contribution in [3.8, 4) is 0 Å². The molecule has 0 aliphatic carbocycles. The molecule has 0 fully saturated rings. The molecule has 19 heavy (non-hydrogen) atoms. The maximum atomic E-state index is 10.7. The van der Waals surface area contributed by atoms with Gasteiger partial charge in [0.2, 0.25) is 0 Å². The number of carboxylic acids is 1. The molecule has 0 aliphatic rings. The van der Waals surface area contributed by atoms with Crippen LogP contribution in [0.15, 0.2) is 46.9 Å². The summed E-state index contributed by atoms with van der Waals surface area (Å²) in [4.78, 5) is 10.7. The first kappa shape index (κ1) is 13.6. The molecule has 0 heterocycles. The van der Waals surface area contributed by atoms with Gasteiger partial charge in [0.15, 0.2) is 0 Å². The first-order chi connectivity index (χ1) is 9.06. The van der Waals surface area contributed by atoms with Gasteiger partial charge < -0.3 is 10.4 Å². The van der Waals surface area contributed by atoms with Crippen LogP contribution in [0.3, 0.4) is 0 Å². The van der Waals surface area contributed by atoms with E-state index in [0.29, 0.717) is 0 Å². The fourth-order valence-corrected chi connectivity index (χ4v) is 2.24. The zero-order valence-corrected chi connectivity index (χ0v) is 12.1. The van der Waals surface area contributed by atoms with Gasteiger partial charge in [0.25, 0.3) is 0 Å². The van der Waals surface area contributed by atoms with Crippen molar-refractivity contribution in [1.82, 2.24) is 0 Å². The van der Waals surface area contributed by atoms with Crippen LogP contribution in [0.5, 0.6) is 0 Å². The molecule has 0 aromatic heterocycles. The molecule has 2 rings (SSSR count). The highest BCUT2D eigenvalue weighted by atomic mass is 79.9. The van der Waals surface area contributed by atoms with Crippen molar-refractivity contribution in [2.24, 2.45) is 0 Å². The van der Waals surface area contributed by atoms with Crippen LogP contribution >= 0.6 is 15.9 Å². The predicted octanol–water partition coefficient (Wildman–Crippen LogP) is 4.13. The Morgan fingerprint density at radius 3 is 2.58 bits per heavy atom. The number of benzene rings is 2. The van der Waals surface area contributed by atoms with Crippen molar-refractivity contribution in [1.29, 1.82) is 0 Å². The highest BCUT2D eigenvalue weighted by molar-refractivity contribution is 9.10. The fourth-order valence-electron chi connectivity index (χ4n) is 1.86. The molecule has 0 radical (unpaired) electrons. The summed E-state index contributed by atoms with van der Waals surface area (Å²) in [5.74, 6) is -0.814. The van der Waals surface area contributed by atoms with E-state index in [2.05, 4.69) is 21.2 Å². The third-order valence-corrected chi connectivity index (χ3v) is 3.48. The normalized spacial score (nSPS) is 10.2. The SMILES string of the molecule is Cc1cc(CC(=O)O)ccc1Nc1ccccc1Br. The molecule has 98 valence electrons. The topological polar surface area (TPSA) is 49.3 Å². The van der Waals surface area contributed by atoms with E-state index in [1.54, 1.807) is 0 Å². The largest absolute Gasteiger partial charge is 0.481 e. The summed E-state index contributed by atoms with van der Waals surface area (Å²) in [6.07, 6.45) is 0.0517.